The highest BCUT2D eigenvalue weighted by Crippen LogP contribution is 2.39. The topological polar surface area (TPSA) is 456 Å². The molecule has 396 valence electrons. The number of carbonyl (C=O) groups is 1. The molecule has 0 radical (unpaired) electrons. The molecule has 28 nitrogen and oxygen atoms in total. The van der Waals surface area contributed by atoms with E-state index in [0.29, 0.717) is 0 Å². The van der Waals surface area contributed by atoms with Gasteiger partial charge in [0.05, 0.1) is 50.3 Å². The largest absolute Gasteiger partial charge is 0.396 e. The van der Waals surface area contributed by atoms with Crippen molar-refractivity contribution in [3.05, 3.63) is 0 Å². The van der Waals surface area contributed by atoms with Crippen LogP contribution < -0.4 is 5.32 Å². The standard InChI is InChI=1S/C40H69NO27/c1-10-4-15(23(51)26(54)20(10)48)61-36-29(57)24(52)16(7-43)63-40(36)66-33-18(9-45)64-37(19(41-12(3)46)34(33)67-38-30(58)27(55)21(49)11(2)60-38)68-35-25(53)17(8-44)62-39(31(35)59)65-32-13(6-42)5-14(47)22(50)28(32)56/h10-11,13-40,42-45,47-59H,4-9H2,1-3H3,(H,41,46)/t10-,11?,13?,14-,15-,16+,17?,18?,19?,20-,21-,22?,23?,24+,25+,26?,27+,28-,29?,30?,31?,32-,33-,34-,35+,36?,37+,38+,39+,40+/m1/s1. The monoisotopic (exact) mass is 995 g/mol. The highest BCUT2D eigenvalue weighted by molar-refractivity contribution is 5.73. The Morgan fingerprint density at radius 2 is 0.985 bits per heavy atom. The molecule has 0 aromatic carbocycles. The van der Waals surface area contributed by atoms with Gasteiger partial charge in [-0.2, -0.15) is 0 Å². The van der Waals surface area contributed by atoms with Crippen LogP contribution >= 0.6 is 0 Å². The SMILES string of the molecule is CC(=O)NC1[C@H](O[C@@H]2C(O)[C@H](O[C@@H]3C(CO)C[C@@H](O)C(O)[C@H]3O)OC(CO)[C@@H]2O)OC(CO)[C@@H](O[C@@H]2O[C@@H](CO)[C@H](O)C(O)C2O[C@@H]2C[C@@H](C)[C@@H](O)C(O)C2O)[C@@H]1O[C@@H]1OC(C)[C@@H](O)[C@H](O)C1O. The van der Waals surface area contributed by atoms with Gasteiger partial charge in [-0.25, -0.2) is 0 Å². The van der Waals surface area contributed by atoms with Crippen molar-refractivity contribution in [2.24, 2.45) is 11.8 Å². The molecule has 4 saturated heterocycles. The molecule has 12 unspecified atom stereocenters. The third-order valence-corrected chi connectivity index (χ3v) is 13.7. The van der Waals surface area contributed by atoms with Crippen LogP contribution in [-0.4, -0.2) is 291 Å². The molecule has 30 atom stereocenters. The van der Waals surface area contributed by atoms with Gasteiger partial charge in [0, 0.05) is 19.4 Å². The molecule has 4 aliphatic heterocycles. The first-order valence-corrected chi connectivity index (χ1v) is 22.5. The smallest absolute Gasteiger partial charge is 0.217 e. The second-order valence-electron chi connectivity index (χ2n) is 18.5. The summed E-state index contributed by atoms with van der Waals surface area (Å²) in [6.07, 6.45) is -48.2. The number of nitrogens with one attached hydrogen (secondary N) is 1. The lowest BCUT2D eigenvalue weighted by atomic mass is 9.81. The highest BCUT2D eigenvalue weighted by Gasteiger charge is 2.58. The lowest BCUT2D eigenvalue weighted by molar-refractivity contribution is -0.392. The van der Waals surface area contributed by atoms with Gasteiger partial charge in [-0.05, 0) is 25.7 Å². The van der Waals surface area contributed by atoms with E-state index in [1.807, 2.05) is 0 Å². The van der Waals surface area contributed by atoms with E-state index in [4.69, 9.17) is 42.6 Å². The van der Waals surface area contributed by atoms with Gasteiger partial charge in [-0.3, -0.25) is 4.79 Å². The Balaban J connectivity index is 1.37. The van der Waals surface area contributed by atoms with Crippen LogP contribution in [0.2, 0.25) is 0 Å². The third kappa shape index (κ3) is 11.5. The van der Waals surface area contributed by atoms with Crippen LogP contribution in [0.25, 0.3) is 0 Å². The number of amides is 1. The van der Waals surface area contributed by atoms with Crippen LogP contribution in [0.1, 0.15) is 33.6 Å². The zero-order chi connectivity index (χ0) is 50.2. The Bertz CT molecular complexity index is 1590. The summed E-state index contributed by atoms with van der Waals surface area (Å²) in [5, 5.41) is 185. The van der Waals surface area contributed by atoms with Gasteiger partial charge in [-0.15, -0.1) is 0 Å². The van der Waals surface area contributed by atoms with E-state index in [2.05, 4.69) is 5.32 Å². The Labute approximate surface area is 388 Å². The summed E-state index contributed by atoms with van der Waals surface area (Å²) in [4.78, 5) is 13.1. The molecule has 6 rings (SSSR count). The molecular weight excluding hydrogens is 926 g/mol. The summed E-state index contributed by atoms with van der Waals surface area (Å²) in [5.74, 6) is -2.56. The fourth-order valence-electron chi connectivity index (χ4n) is 9.66. The van der Waals surface area contributed by atoms with Gasteiger partial charge >= 0.3 is 0 Å². The molecule has 4 heterocycles. The van der Waals surface area contributed by atoms with E-state index < -0.39 is 216 Å². The lowest BCUT2D eigenvalue weighted by Crippen LogP contribution is -2.71. The molecule has 2 aliphatic carbocycles. The molecule has 2 saturated carbocycles. The molecule has 6 fully saturated rings. The minimum atomic E-state index is -2.11. The first-order chi connectivity index (χ1) is 32.1. The molecular formula is C40H69NO27. The van der Waals surface area contributed by atoms with Crippen LogP contribution in [0.15, 0.2) is 0 Å². The Kier molecular flexibility index (Phi) is 19.3. The second-order valence-corrected chi connectivity index (χ2v) is 18.5. The van der Waals surface area contributed by atoms with E-state index in [1.54, 1.807) is 6.92 Å². The van der Waals surface area contributed by atoms with Crippen molar-refractivity contribution in [2.75, 3.05) is 26.4 Å². The van der Waals surface area contributed by atoms with E-state index in [0.717, 1.165) is 6.92 Å². The van der Waals surface area contributed by atoms with Crippen molar-refractivity contribution in [1.29, 1.82) is 0 Å². The molecule has 6 aliphatic rings. The van der Waals surface area contributed by atoms with Gasteiger partial charge in [0.25, 0.3) is 0 Å². The highest BCUT2D eigenvalue weighted by atomic mass is 16.8. The molecule has 1 amide bonds. The summed E-state index contributed by atoms with van der Waals surface area (Å²) in [5.41, 5.74) is 0. The molecule has 0 aromatic rings. The van der Waals surface area contributed by atoms with Crippen LogP contribution in [0.3, 0.4) is 0 Å². The van der Waals surface area contributed by atoms with Gasteiger partial charge in [0.15, 0.2) is 25.2 Å². The first kappa shape index (κ1) is 55.7. The summed E-state index contributed by atoms with van der Waals surface area (Å²) in [6.45, 7) is 0.279. The van der Waals surface area contributed by atoms with E-state index in [-0.39, 0.29) is 12.8 Å². The van der Waals surface area contributed by atoms with Crippen LogP contribution in [0.4, 0.5) is 0 Å². The van der Waals surface area contributed by atoms with Crippen molar-refractivity contribution >= 4 is 5.91 Å². The number of carbonyl (C=O) groups excluding carboxylic acids is 1. The maximum Gasteiger partial charge on any atom is 0.217 e. The van der Waals surface area contributed by atoms with Gasteiger partial charge in [0.2, 0.25) is 5.91 Å². The van der Waals surface area contributed by atoms with Crippen LogP contribution in [0.5, 0.6) is 0 Å². The first-order valence-electron chi connectivity index (χ1n) is 22.5. The zero-order valence-electron chi connectivity index (χ0n) is 37.2. The third-order valence-electron chi connectivity index (χ3n) is 13.7. The predicted molar refractivity (Wildman–Crippen MR) is 214 cm³/mol. The normalized spacial score (nSPS) is 52.6. The number of ether oxygens (including phenoxy) is 9. The van der Waals surface area contributed by atoms with Gasteiger partial charge in [0.1, 0.15) is 116 Å². The minimum Gasteiger partial charge on any atom is -0.396 e. The number of rotatable bonds is 15. The number of aliphatic hydroxyl groups is 17. The van der Waals surface area contributed by atoms with Crippen molar-refractivity contribution in [2.45, 2.75) is 205 Å². The number of hydrogen-bond donors (Lipinski definition) is 18. The van der Waals surface area contributed by atoms with E-state index in [9.17, 15) is 91.6 Å². The van der Waals surface area contributed by atoms with Crippen molar-refractivity contribution in [3.8, 4) is 0 Å². The van der Waals surface area contributed by atoms with Crippen LogP contribution in [0, 0.1) is 11.8 Å². The molecule has 0 aromatic heterocycles. The second kappa shape index (κ2) is 23.5. The van der Waals surface area contributed by atoms with E-state index >= 15 is 0 Å². The summed E-state index contributed by atoms with van der Waals surface area (Å²) in [6, 6.07) is -1.79. The fraction of sp³-hybridized carbons (Fsp3) is 0.975. The summed E-state index contributed by atoms with van der Waals surface area (Å²) < 4.78 is 54.0. The maximum absolute atomic E-state index is 13.1. The fourth-order valence-corrected chi connectivity index (χ4v) is 9.66. The van der Waals surface area contributed by atoms with Gasteiger partial charge < -0.3 is 135 Å². The molecule has 18 N–H and O–H groups in total. The average Bonchev–Trinajstić information content (AvgIpc) is 3.31. The average molecular weight is 996 g/mol. The zero-order valence-corrected chi connectivity index (χ0v) is 37.2. The predicted octanol–water partition coefficient (Wildman–Crippen LogP) is -10.6. The minimum absolute atomic E-state index is 0.111. The molecule has 28 heteroatoms. The summed E-state index contributed by atoms with van der Waals surface area (Å²) >= 11 is 0. The van der Waals surface area contributed by atoms with Gasteiger partial charge in [-0.1, -0.05) is 6.92 Å². The molecule has 68 heavy (non-hydrogen) atoms. The quantitative estimate of drug-likeness (QED) is 0.0724. The van der Waals surface area contributed by atoms with E-state index in [1.165, 1.54) is 6.92 Å². The van der Waals surface area contributed by atoms with Crippen LogP contribution in [-0.2, 0) is 47.4 Å². The molecule has 0 bridgehead atoms. The number of hydrogen-bond acceptors (Lipinski definition) is 27. The number of aliphatic hydroxyl groups excluding tert-OH is 17. The van der Waals surface area contributed by atoms with Crippen molar-refractivity contribution in [3.63, 3.8) is 0 Å². The Morgan fingerprint density at radius 3 is 1.60 bits per heavy atom. The lowest BCUT2D eigenvalue weighted by Gasteiger charge is -2.52. The Hall–Kier alpha value is -1.57. The molecule has 0 spiro atoms. The Morgan fingerprint density at radius 1 is 0.456 bits per heavy atom. The van der Waals surface area contributed by atoms with Crippen molar-refractivity contribution < 1.29 is 134 Å². The maximum atomic E-state index is 13.1. The van der Waals surface area contributed by atoms with Crippen molar-refractivity contribution in [1.82, 2.24) is 5.32 Å². The summed E-state index contributed by atoms with van der Waals surface area (Å²) in [7, 11) is 0.